The second-order valence-corrected chi connectivity index (χ2v) is 8.56. The molecule has 0 fully saturated rings. The van der Waals surface area contributed by atoms with E-state index in [0.717, 1.165) is 40.7 Å². The normalized spacial score (nSPS) is 12.4. The van der Waals surface area contributed by atoms with E-state index in [9.17, 15) is 31.5 Å². The van der Waals surface area contributed by atoms with E-state index >= 15 is 0 Å². The molecule has 0 amide bonds. The van der Waals surface area contributed by atoms with E-state index < -0.39 is 34.1 Å². The predicted molar refractivity (Wildman–Crippen MR) is 121 cm³/mol. The number of hydrogen-bond acceptors (Lipinski definition) is 6. The Bertz CT molecular complexity index is 1680. The number of aromatic nitrogens is 4. The summed E-state index contributed by atoms with van der Waals surface area (Å²) >= 11 is -2.86. The fourth-order valence-corrected chi connectivity index (χ4v) is 4.25. The molecule has 0 saturated heterocycles. The van der Waals surface area contributed by atoms with Crippen LogP contribution in [0.25, 0.3) is 22.6 Å². The second kappa shape index (κ2) is 9.06. The van der Waals surface area contributed by atoms with Crippen LogP contribution in [0.4, 0.5) is 13.2 Å². The van der Waals surface area contributed by atoms with E-state index in [0.29, 0.717) is 15.8 Å². The molecule has 0 radical (unpaired) electrons. The average molecular weight is 514 g/mol. The van der Waals surface area contributed by atoms with Crippen molar-refractivity contribution >= 4 is 11.1 Å². The Hall–Kier alpha value is -4.28. The number of alkyl halides is 3. The lowest BCUT2D eigenvalue weighted by molar-refractivity contribution is -0.137. The molecule has 9 nitrogen and oxygen atoms in total. The maximum atomic E-state index is 13.3. The lowest BCUT2D eigenvalue weighted by Gasteiger charge is -2.19. The van der Waals surface area contributed by atoms with Crippen LogP contribution >= 0.6 is 0 Å². The van der Waals surface area contributed by atoms with Crippen LogP contribution in [-0.2, 0) is 24.3 Å². The molecule has 2 aromatic carbocycles. The van der Waals surface area contributed by atoms with Gasteiger partial charge >= 0.3 is 11.9 Å². The van der Waals surface area contributed by atoms with Gasteiger partial charge in [-0.3, -0.25) is 18.1 Å². The Morgan fingerprint density at radius 1 is 1.08 bits per heavy atom. The molecule has 0 aliphatic heterocycles. The van der Waals surface area contributed by atoms with Crippen LogP contribution in [0.15, 0.2) is 69.2 Å². The maximum absolute atomic E-state index is 13.3. The third-order valence-corrected chi connectivity index (χ3v) is 6.18. The molecule has 0 aliphatic rings. The topological polar surface area (TPSA) is 126 Å². The van der Waals surface area contributed by atoms with Gasteiger partial charge in [-0.15, -0.1) is 0 Å². The third-order valence-electron chi connectivity index (χ3n) is 5.52. The summed E-state index contributed by atoms with van der Waals surface area (Å²) < 4.78 is 66.8. The van der Waals surface area contributed by atoms with Gasteiger partial charge in [0.1, 0.15) is 0 Å². The molecule has 0 aliphatic carbocycles. The number of halogens is 3. The van der Waals surface area contributed by atoms with Crippen LogP contribution < -0.4 is 11.2 Å². The molecule has 36 heavy (non-hydrogen) atoms. The van der Waals surface area contributed by atoms with Gasteiger partial charge in [0, 0.05) is 12.7 Å². The van der Waals surface area contributed by atoms with Gasteiger partial charge in [0.05, 0.1) is 50.9 Å². The third kappa shape index (κ3) is 4.16. The number of nitriles is 1. The van der Waals surface area contributed by atoms with Crippen molar-refractivity contribution in [2.24, 2.45) is 7.05 Å². The molecule has 2 heterocycles. The summed E-state index contributed by atoms with van der Waals surface area (Å²) in [4.78, 5) is 25.9. The molecule has 4 aromatic rings. The summed E-state index contributed by atoms with van der Waals surface area (Å²) in [6, 6.07) is 11.8. The molecule has 0 saturated carbocycles. The fourth-order valence-electron chi connectivity index (χ4n) is 3.77. The molecule has 0 spiro atoms. The van der Waals surface area contributed by atoms with Gasteiger partial charge in [0.2, 0.25) is 0 Å². The van der Waals surface area contributed by atoms with E-state index in [-0.39, 0.29) is 27.5 Å². The average Bonchev–Trinajstić information content (AvgIpc) is 3.27. The summed E-state index contributed by atoms with van der Waals surface area (Å²) in [6.45, 7) is 1.33. The van der Waals surface area contributed by atoms with Crippen LogP contribution in [0.3, 0.4) is 0 Å². The summed E-state index contributed by atoms with van der Waals surface area (Å²) in [5.41, 5.74) is -2.88. The van der Waals surface area contributed by atoms with Crippen molar-refractivity contribution in [2.75, 3.05) is 0 Å². The lowest BCUT2D eigenvalue weighted by Crippen LogP contribution is -2.40. The number of nitrogens with zero attached hydrogens (tertiary/aromatic N) is 5. The first-order valence-corrected chi connectivity index (χ1v) is 11.2. The minimum atomic E-state index is -4.68. The number of rotatable bonds is 4. The molecule has 4 rings (SSSR count). The zero-order chi connectivity index (χ0) is 26.4. The summed E-state index contributed by atoms with van der Waals surface area (Å²) in [5.74, 6) is 0. The molecule has 1 unspecified atom stereocenters. The van der Waals surface area contributed by atoms with Crippen LogP contribution in [-0.4, -0.2) is 27.7 Å². The van der Waals surface area contributed by atoms with Crippen molar-refractivity contribution in [1.82, 2.24) is 18.9 Å². The zero-order valence-corrected chi connectivity index (χ0v) is 19.4. The summed E-state index contributed by atoms with van der Waals surface area (Å²) in [6.07, 6.45) is -3.67. The van der Waals surface area contributed by atoms with E-state index in [1.807, 2.05) is 6.07 Å². The van der Waals surface area contributed by atoms with Crippen molar-refractivity contribution in [3.63, 3.8) is 0 Å². The maximum Gasteiger partial charge on any atom is 0.416 e. The number of hydrogen-bond donors (Lipinski definition) is 0. The van der Waals surface area contributed by atoms with Crippen molar-refractivity contribution in [3.8, 4) is 28.7 Å². The first-order valence-electron chi connectivity index (χ1n) is 10.1. The number of benzene rings is 2. The largest absolute Gasteiger partial charge is 0.768 e. The standard InChI is InChI=1S/C23H16F3N5O4S/c1-13-19(20-18(36(34)35)12-28-31(20)16-8-6-14(11-27)7-9-16)21(32)29(2)22(33)30(13)17-5-3-4-15(10-17)23(24,25)26/h3-10,12H,1-2H3,(H,34,35)/p-1. The minimum absolute atomic E-state index is 0.0930. The first kappa shape index (κ1) is 24.8. The molecular formula is C23H15F3N5O4S-. The van der Waals surface area contributed by atoms with E-state index in [1.54, 1.807) is 0 Å². The van der Waals surface area contributed by atoms with E-state index in [1.165, 1.54) is 37.3 Å². The van der Waals surface area contributed by atoms with Gasteiger partial charge in [-0.25, -0.2) is 9.48 Å². The highest BCUT2D eigenvalue weighted by molar-refractivity contribution is 7.79. The highest BCUT2D eigenvalue weighted by Gasteiger charge is 2.31. The Balaban J connectivity index is 2.08. The molecule has 13 heteroatoms. The van der Waals surface area contributed by atoms with Crippen molar-refractivity contribution in [1.29, 1.82) is 5.26 Å². The summed E-state index contributed by atoms with van der Waals surface area (Å²) in [7, 11) is 1.13. The van der Waals surface area contributed by atoms with Crippen molar-refractivity contribution < 1.29 is 21.9 Å². The molecular weight excluding hydrogens is 499 g/mol. The molecule has 0 N–H and O–H groups in total. The van der Waals surface area contributed by atoms with Gasteiger partial charge in [0.25, 0.3) is 5.56 Å². The monoisotopic (exact) mass is 514 g/mol. The van der Waals surface area contributed by atoms with Crippen molar-refractivity contribution in [2.45, 2.75) is 18.0 Å². The lowest BCUT2D eigenvalue weighted by atomic mass is 10.1. The Labute approximate surface area is 203 Å². The molecule has 0 bridgehead atoms. The summed E-state index contributed by atoms with van der Waals surface area (Å²) in [5, 5.41) is 13.1. The first-order chi connectivity index (χ1) is 17.0. The van der Waals surface area contributed by atoms with Crippen molar-refractivity contribution in [3.05, 3.63) is 92.4 Å². The van der Waals surface area contributed by atoms with Gasteiger partial charge < -0.3 is 4.55 Å². The zero-order valence-electron chi connectivity index (χ0n) is 18.6. The minimum Gasteiger partial charge on any atom is -0.768 e. The van der Waals surface area contributed by atoms with Crippen LogP contribution in [0.1, 0.15) is 16.8 Å². The molecule has 2 aromatic heterocycles. The Kier molecular flexibility index (Phi) is 6.25. The van der Waals surface area contributed by atoms with E-state index in [2.05, 4.69) is 5.10 Å². The van der Waals surface area contributed by atoms with Gasteiger partial charge in [-0.2, -0.15) is 23.5 Å². The highest BCUT2D eigenvalue weighted by atomic mass is 32.2. The van der Waals surface area contributed by atoms with E-state index in [4.69, 9.17) is 5.26 Å². The second-order valence-electron chi connectivity index (χ2n) is 7.65. The van der Waals surface area contributed by atoms with Gasteiger partial charge in [-0.1, -0.05) is 6.07 Å². The highest BCUT2D eigenvalue weighted by Crippen LogP contribution is 2.32. The molecule has 184 valence electrons. The fraction of sp³-hybridized carbons (Fsp3) is 0.130. The Morgan fingerprint density at radius 3 is 2.33 bits per heavy atom. The smallest absolute Gasteiger partial charge is 0.416 e. The predicted octanol–water partition coefficient (Wildman–Crippen LogP) is 2.83. The van der Waals surface area contributed by atoms with Crippen LogP contribution in [0.5, 0.6) is 0 Å². The van der Waals surface area contributed by atoms with Crippen LogP contribution in [0, 0.1) is 18.3 Å². The quantitative estimate of drug-likeness (QED) is 0.386. The van der Waals surface area contributed by atoms with Gasteiger partial charge in [0.15, 0.2) is 0 Å². The molecule has 1 atom stereocenters. The van der Waals surface area contributed by atoms with Gasteiger partial charge in [-0.05, 0) is 60.5 Å². The SMILES string of the molecule is Cc1c(-c2c(S(=O)[O-])cnn2-c2ccc(C#N)cc2)c(=O)n(C)c(=O)n1-c1cccc(C(F)(F)F)c1. The Morgan fingerprint density at radius 2 is 1.75 bits per heavy atom. The van der Waals surface area contributed by atoms with Crippen LogP contribution in [0.2, 0.25) is 0 Å².